The summed E-state index contributed by atoms with van der Waals surface area (Å²) in [5.74, 6) is 12.9. The normalized spacial score (nSPS) is 14.2. The number of methoxy groups -OCH3 is 2. The van der Waals surface area contributed by atoms with E-state index in [-0.39, 0.29) is 36.9 Å². The van der Waals surface area contributed by atoms with E-state index in [1.165, 1.54) is 0 Å². The average Bonchev–Trinajstić information content (AvgIpc) is 2.85. The molecule has 0 spiro atoms. The van der Waals surface area contributed by atoms with Crippen LogP contribution in [-0.4, -0.2) is 61.0 Å². The Labute approximate surface area is 226 Å². The third kappa shape index (κ3) is 14.7. The Kier molecular flexibility index (Phi) is 16.7. The van der Waals surface area contributed by atoms with Crippen LogP contribution in [0, 0.1) is 23.7 Å². The van der Waals surface area contributed by atoms with Crippen molar-refractivity contribution in [1.29, 1.82) is 0 Å². The quantitative estimate of drug-likeness (QED) is 0.110. The van der Waals surface area contributed by atoms with E-state index in [0.717, 1.165) is 24.8 Å². The Bertz CT molecular complexity index is 844. The zero-order chi connectivity index (χ0) is 27.6. The molecule has 7 heteroatoms. The van der Waals surface area contributed by atoms with E-state index in [0.29, 0.717) is 19.6 Å². The summed E-state index contributed by atoms with van der Waals surface area (Å²) in [6, 6.07) is 10.1. The van der Waals surface area contributed by atoms with Gasteiger partial charge in [0, 0.05) is 33.5 Å². The van der Waals surface area contributed by atoms with Gasteiger partial charge < -0.3 is 28.1 Å². The summed E-state index contributed by atoms with van der Waals surface area (Å²) >= 11 is 0. The highest BCUT2D eigenvalue weighted by molar-refractivity contribution is 6.74. The Morgan fingerprint density at radius 2 is 1.54 bits per heavy atom. The maximum absolute atomic E-state index is 6.48. The van der Waals surface area contributed by atoms with Crippen LogP contribution in [0.2, 0.25) is 18.1 Å². The average molecular weight is 533 g/mol. The molecule has 0 unspecified atom stereocenters. The van der Waals surface area contributed by atoms with Crippen molar-refractivity contribution in [3.63, 3.8) is 0 Å². The molecule has 0 aliphatic rings. The lowest BCUT2D eigenvalue weighted by Crippen LogP contribution is -2.46. The fraction of sp³-hybridized carbons (Fsp3) is 0.667. The molecule has 0 heterocycles. The third-order valence-corrected chi connectivity index (χ3v) is 10.8. The zero-order valence-corrected chi connectivity index (χ0v) is 25.2. The van der Waals surface area contributed by atoms with Crippen LogP contribution in [0.1, 0.15) is 58.9 Å². The monoisotopic (exact) mass is 532 g/mol. The van der Waals surface area contributed by atoms with Crippen molar-refractivity contribution in [3.8, 4) is 23.7 Å². The van der Waals surface area contributed by atoms with Gasteiger partial charge in [-0.15, -0.1) is 17.8 Å². The molecular weight excluding hydrogens is 484 g/mol. The third-order valence-electron chi connectivity index (χ3n) is 6.22. The van der Waals surface area contributed by atoms with Crippen molar-refractivity contribution < 1.29 is 28.1 Å². The molecule has 0 bridgehead atoms. The summed E-state index contributed by atoms with van der Waals surface area (Å²) in [6.07, 6.45) is 2.43. The van der Waals surface area contributed by atoms with Crippen molar-refractivity contribution in [2.75, 3.05) is 34.4 Å². The van der Waals surface area contributed by atoms with Gasteiger partial charge in [-0.3, -0.25) is 0 Å². The van der Waals surface area contributed by atoms with Gasteiger partial charge in [-0.1, -0.05) is 57.0 Å². The summed E-state index contributed by atoms with van der Waals surface area (Å²) in [4.78, 5) is 0. The zero-order valence-electron chi connectivity index (χ0n) is 24.2. The van der Waals surface area contributed by atoms with Crippen molar-refractivity contribution in [2.24, 2.45) is 0 Å². The number of rotatable bonds is 16. The SMILES string of the molecule is COCO[C@@H](CC#CCCCC#C[C@H](OCOC)[C@@H](C)O[Si](C)(C)C(C)(C)C)COCc1ccccc1. The van der Waals surface area contributed by atoms with Crippen LogP contribution in [-0.2, 0) is 34.7 Å². The van der Waals surface area contributed by atoms with Gasteiger partial charge >= 0.3 is 0 Å². The fourth-order valence-electron chi connectivity index (χ4n) is 3.06. The van der Waals surface area contributed by atoms with Crippen LogP contribution in [0.25, 0.3) is 0 Å². The summed E-state index contributed by atoms with van der Waals surface area (Å²) in [5, 5.41) is 0.126. The molecule has 1 aromatic carbocycles. The van der Waals surface area contributed by atoms with Crippen molar-refractivity contribution in [2.45, 2.75) is 96.4 Å². The molecular formula is C30H48O6Si. The number of hydrogen-bond acceptors (Lipinski definition) is 6. The summed E-state index contributed by atoms with van der Waals surface area (Å²) in [7, 11) is 1.31. The van der Waals surface area contributed by atoms with E-state index in [4.69, 9.17) is 28.1 Å². The Morgan fingerprint density at radius 3 is 2.19 bits per heavy atom. The second-order valence-electron chi connectivity index (χ2n) is 10.5. The Balaban J connectivity index is 2.48. The van der Waals surface area contributed by atoms with Crippen LogP contribution < -0.4 is 0 Å². The predicted molar refractivity (Wildman–Crippen MR) is 151 cm³/mol. The van der Waals surface area contributed by atoms with Gasteiger partial charge in [0.25, 0.3) is 0 Å². The standard InChI is InChI=1S/C30H48O6Si/c1-26(36-37(7,8)30(2,3)4)29(35-25-32-6)21-17-12-10-9-11-16-20-28(34-24-31-5)23-33-22-27-18-14-13-15-19-27/h13-15,18-19,26,28-29H,9-10,12,20,22-25H2,1-8H3/t26-,28+,29+/m1/s1. The van der Waals surface area contributed by atoms with Gasteiger partial charge in [0.1, 0.15) is 19.7 Å². The van der Waals surface area contributed by atoms with Gasteiger partial charge in [-0.05, 0) is 37.0 Å². The van der Waals surface area contributed by atoms with Crippen LogP contribution in [0.15, 0.2) is 30.3 Å². The fourth-order valence-corrected chi connectivity index (χ4v) is 4.47. The van der Waals surface area contributed by atoms with Gasteiger partial charge in [0.2, 0.25) is 0 Å². The summed E-state index contributed by atoms with van der Waals surface area (Å²) in [5.41, 5.74) is 1.14. The van der Waals surface area contributed by atoms with E-state index < -0.39 is 8.32 Å². The molecule has 0 radical (unpaired) electrons. The molecule has 3 atom stereocenters. The molecule has 1 aromatic rings. The highest BCUT2D eigenvalue weighted by Gasteiger charge is 2.39. The first kappa shape index (κ1) is 33.3. The Hall–Kier alpha value is -1.68. The van der Waals surface area contributed by atoms with Gasteiger partial charge in [0.15, 0.2) is 8.32 Å². The van der Waals surface area contributed by atoms with Crippen molar-refractivity contribution in [3.05, 3.63) is 35.9 Å². The first-order chi connectivity index (χ1) is 17.6. The molecule has 1 rings (SSSR count). The molecule has 0 aliphatic heterocycles. The van der Waals surface area contributed by atoms with E-state index in [1.54, 1.807) is 14.2 Å². The number of ether oxygens (including phenoxy) is 5. The highest BCUT2D eigenvalue weighted by atomic mass is 28.4. The first-order valence-corrected chi connectivity index (χ1v) is 16.0. The summed E-state index contributed by atoms with van der Waals surface area (Å²) < 4.78 is 34.0. The molecule has 0 saturated carbocycles. The topological polar surface area (TPSA) is 55.4 Å². The molecule has 0 N–H and O–H groups in total. The number of hydrogen-bond donors (Lipinski definition) is 0. The Morgan fingerprint density at radius 1 is 0.892 bits per heavy atom. The van der Waals surface area contributed by atoms with Crippen LogP contribution in [0.4, 0.5) is 0 Å². The van der Waals surface area contributed by atoms with E-state index >= 15 is 0 Å². The minimum atomic E-state index is -1.92. The first-order valence-electron chi connectivity index (χ1n) is 13.1. The maximum atomic E-state index is 6.48. The maximum Gasteiger partial charge on any atom is 0.192 e. The minimum absolute atomic E-state index is 0.126. The second-order valence-corrected chi connectivity index (χ2v) is 15.3. The second kappa shape index (κ2) is 18.5. The van der Waals surface area contributed by atoms with Crippen molar-refractivity contribution in [1.82, 2.24) is 0 Å². The highest BCUT2D eigenvalue weighted by Crippen LogP contribution is 2.37. The lowest BCUT2D eigenvalue weighted by Gasteiger charge is -2.39. The molecule has 37 heavy (non-hydrogen) atoms. The lowest BCUT2D eigenvalue weighted by molar-refractivity contribution is -0.0966. The van der Waals surface area contributed by atoms with Gasteiger partial charge in [-0.2, -0.15) is 0 Å². The number of unbranched alkanes of at least 4 members (excludes halogenated alkanes) is 2. The van der Waals surface area contributed by atoms with E-state index in [9.17, 15) is 0 Å². The molecule has 0 aliphatic carbocycles. The van der Waals surface area contributed by atoms with Gasteiger partial charge in [-0.25, -0.2) is 0 Å². The molecule has 0 fully saturated rings. The molecule has 0 saturated heterocycles. The smallest absolute Gasteiger partial charge is 0.192 e. The predicted octanol–water partition coefficient (Wildman–Crippen LogP) is 6.16. The molecule has 208 valence electrons. The summed E-state index contributed by atoms with van der Waals surface area (Å²) in [6.45, 7) is 14.6. The van der Waals surface area contributed by atoms with Crippen LogP contribution in [0.5, 0.6) is 0 Å². The molecule has 6 nitrogen and oxygen atoms in total. The van der Waals surface area contributed by atoms with Crippen LogP contribution in [0.3, 0.4) is 0 Å². The van der Waals surface area contributed by atoms with E-state index in [1.807, 2.05) is 37.3 Å². The molecule has 0 amide bonds. The van der Waals surface area contributed by atoms with Crippen molar-refractivity contribution >= 4 is 8.32 Å². The number of benzene rings is 1. The molecule has 0 aromatic heterocycles. The van der Waals surface area contributed by atoms with Crippen LogP contribution >= 0.6 is 0 Å². The van der Waals surface area contributed by atoms with Gasteiger partial charge in [0.05, 0.1) is 25.4 Å². The minimum Gasteiger partial charge on any atom is -0.411 e. The van der Waals surface area contributed by atoms with E-state index in [2.05, 4.69) is 57.5 Å². The lowest BCUT2D eigenvalue weighted by atomic mass is 10.2. The largest absolute Gasteiger partial charge is 0.411 e.